The summed E-state index contributed by atoms with van der Waals surface area (Å²) < 4.78 is 7.69. The van der Waals surface area contributed by atoms with E-state index in [1.807, 2.05) is 47.1 Å². The van der Waals surface area contributed by atoms with Crippen molar-refractivity contribution in [1.82, 2.24) is 25.0 Å². The number of urea groups is 1. The van der Waals surface area contributed by atoms with Gasteiger partial charge in [-0.3, -0.25) is 0 Å². The molecule has 2 aromatic rings. The summed E-state index contributed by atoms with van der Waals surface area (Å²) in [5.41, 5.74) is 1.12. The fourth-order valence-corrected chi connectivity index (χ4v) is 3.25. The average Bonchev–Trinajstić information content (AvgIpc) is 3.38. The lowest BCUT2D eigenvalue weighted by atomic mass is 10.2. The highest BCUT2D eigenvalue weighted by Gasteiger charge is 2.22. The second kappa shape index (κ2) is 10.0. The normalized spacial score (nSPS) is 16.8. The molecule has 28 heavy (non-hydrogen) atoms. The summed E-state index contributed by atoms with van der Waals surface area (Å²) in [4.78, 5) is 14.6. The van der Waals surface area contributed by atoms with Gasteiger partial charge < -0.3 is 19.5 Å². The molecule has 1 aliphatic rings. The Balaban J connectivity index is 1.60. The van der Waals surface area contributed by atoms with Crippen molar-refractivity contribution in [1.29, 1.82) is 0 Å². The van der Waals surface area contributed by atoms with E-state index >= 15 is 0 Å². The molecule has 150 valence electrons. The van der Waals surface area contributed by atoms with E-state index in [9.17, 15) is 4.79 Å². The van der Waals surface area contributed by atoms with Crippen molar-refractivity contribution in [2.45, 2.75) is 45.4 Å². The molecule has 0 spiro atoms. The van der Waals surface area contributed by atoms with Crippen LogP contribution in [0.1, 0.15) is 44.1 Å². The molecule has 1 saturated heterocycles. The third-order valence-electron chi connectivity index (χ3n) is 4.77. The van der Waals surface area contributed by atoms with Crippen LogP contribution in [0, 0.1) is 0 Å². The summed E-state index contributed by atoms with van der Waals surface area (Å²) in [7, 11) is 0. The van der Waals surface area contributed by atoms with Crippen molar-refractivity contribution in [2.75, 3.05) is 19.7 Å². The lowest BCUT2D eigenvalue weighted by molar-refractivity contribution is 0.0841. The minimum atomic E-state index is -0.119. The molecular formula is C21H29N5O2. The molecular weight excluding hydrogens is 354 g/mol. The summed E-state index contributed by atoms with van der Waals surface area (Å²) in [6.45, 7) is 6.36. The Morgan fingerprint density at radius 1 is 1.39 bits per heavy atom. The lowest BCUT2D eigenvalue weighted by Gasteiger charge is -2.24. The van der Waals surface area contributed by atoms with Crippen LogP contribution in [-0.4, -0.2) is 51.5 Å². The van der Waals surface area contributed by atoms with E-state index in [4.69, 9.17) is 4.74 Å². The molecule has 1 fully saturated rings. The highest BCUT2D eigenvalue weighted by atomic mass is 16.5. The number of amides is 2. The first kappa shape index (κ1) is 20.1. The number of nitrogens with one attached hydrogen (secondary N) is 1. The third-order valence-corrected chi connectivity index (χ3v) is 4.77. The molecule has 1 N–H and O–H groups in total. The first-order valence-corrected chi connectivity index (χ1v) is 9.88. The molecule has 0 aliphatic carbocycles. The molecule has 0 saturated carbocycles. The first-order chi connectivity index (χ1) is 13.6. The van der Waals surface area contributed by atoms with Crippen LogP contribution in [0.5, 0.6) is 0 Å². The smallest absolute Gasteiger partial charge is 0.318 e. The zero-order valence-electron chi connectivity index (χ0n) is 16.6. The number of hydrogen-bond acceptors (Lipinski definition) is 4. The van der Waals surface area contributed by atoms with Crippen molar-refractivity contribution < 1.29 is 9.53 Å². The van der Waals surface area contributed by atoms with Crippen LogP contribution in [-0.2, 0) is 11.3 Å². The Labute approximate surface area is 166 Å². The number of carbonyl (C=O) groups excluding carboxylic acids is 1. The van der Waals surface area contributed by atoms with E-state index in [2.05, 4.69) is 29.4 Å². The molecule has 1 aromatic carbocycles. The SMILES string of the molecule is CC(C)n1cnnc1CNC(=O)N(C/C=C/c1ccccc1)C[C@@H]1CCCO1. The zero-order chi connectivity index (χ0) is 19.8. The van der Waals surface area contributed by atoms with E-state index in [0.29, 0.717) is 19.6 Å². The van der Waals surface area contributed by atoms with Gasteiger partial charge in [0.05, 0.1) is 12.6 Å². The van der Waals surface area contributed by atoms with Crippen molar-refractivity contribution in [3.05, 3.63) is 54.1 Å². The van der Waals surface area contributed by atoms with Gasteiger partial charge in [-0.05, 0) is 32.3 Å². The molecule has 0 bridgehead atoms. The number of aromatic nitrogens is 3. The van der Waals surface area contributed by atoms with Crippen molar-refractivity contribution in [2.24, 2.45) is 0 Å². The van der Waals surface area contributed by atoms with Crippen LogP contribution in [0.15, 0.2) is 42.7 Å². The van der Waals surface area contributed by atoms with Crippen LogP contribution in [0.3, 0.4) is 0 Å². The minimum absolute atomic E-state index is 0.107. The van der Waals surface area contributed by atoms with Gasteiger partial charge in [0.2, 0.25) is 0 Å². The predicted octanol–water partition coefficient (Wildman–Crippen LogP) is 3.26. The van der Waals surface area contributed by atoms with E-state index in [0.717, 1.165) is 30.8 Å². The van der Waals surface area contributed by atoms with Crippen molar-refractivity contribution in [3.8, 4) is 0 Å². The summed E-state index contributed by atoms with van der Waals surface area (Å²) >= 11 is 0. The summed E-state index contributed by atoms with van der Waals surface area (Å²) in [6, 6.07) is 10.2. The number of ether oxygens (including phenoxy) is 1. The van der Waals surface area contributed by atoms with Crippen LogP contribution < -0.4 is 5.32 Å². The number of hydrogen-bond donors (Lipinski definition) is 1. The Hall–Kier alpha value is -2.67. The molecule has 0 radical (unpaired) electrons. The lowest BCUT2D eigenvalue weighted by Crippen LogP contribution is -2.43. The van der Waals surface area contributed by atoms with E-state index in [1.54, 1.807) is 11.2 Å². The van der Waals surface area contributed by atoms with Gasteiger partial charge in [0, 0.05) is 25.7 Å². The van der Waals surface area contributed by atoms with Crippen LogP contribution in [0.25, 0.3) is 6.08 Å². The molecule has 1 aromatic heterocycles. The number of nitrogens with zero attached hydrogens (tertiary/aromatic N) is 4. The maximum Gasteiger partial charge on any atom is 0.318 e. The van der Waals surface area contributed by atoms with E-state index in [-0.39, 0.29) is 18.2 Å². The fourth-order valence-electron chi connectivity index (χ4n) is 3.25. The van der Waals surface area contributed by atoms with Gasteiger partial charge in [-0.2, -0.15) is 0 Å². The monoisotopic (exact) mass is 383 g/mol. The minimum Gasteiger partial charge on any atom is -0.376 e. The molecule has 7 heteroatoms. The standard InChI is InChI=1S/C21H29N5O2/c1-17(2)26-16-23-24-20(26)14-22-21(27)25(15-19-11-7-13-28-19)12-6-10-18-8-4-3-5-9-18/h3-6,8-10,16-17,19H,7,11-15H2,1-2H3,(H,22,27)/b10-6+/t19-/m0/s1. The number of carbonyl (C=O) groups is 1. The van der Waals surface area contributed by atoms with Gasteiger partial charge >= 0.3 is 6.03 Å². The Bertz CT molecular complexity index is 766. The Morgan fingerprint density at radius 3 is 2.93 bits per heavy atom. The van der Waals surface area contributed by atoms with E-state index in [1.165, 1.54) is 0 Å². The van der Waals surface area contributed by atoms with Gasteiger partial charge in [0.15, 0.2) is 5.82 Å². The first-order valence-electron chi connectivity index (χ1n) is 9.88. The second-order valence-corrected chi connectivity index (χ2v) is 7.26. The molecule has 3 rings (SSSR count). The van der Waals surface area contributed by atoms with Crippen LogP contribution >= 0.6 is 0 Å². The summed E-state index contributed by atoms with van der Waals surface area (Å²) in [5.74, 6) is 0.750. The quantitative estimate of drug-likeness (QED) is 0.759. The largest absolute Gasteiger partial charge is 0.376 e. The number of benzene rings is 1. The highest BCUT2D eigenvalue weighted by Crippen LogP contribution is 2.14. The maximum absolute atomic E-state index is 12.8. The maximum atomic E-state index is 12.8. The van der Waals surface area contributed by atoms with Gasteiger partial charge in [-0.1, -0.05) is 42.5 Å². The van der Waals surface area contributed by atoms with Crippen LogP contribution in [0.2, 0.25) is 0 Å². The third kappa shape index (κ3) is 5.66. The van der Waals surface area contributed by atoms with Crippen LogP contribution in [0.4, 0.5) is 4.79 Å². The molecule has 2 amide bonds. The van der Waals surface area contributed by atoms with Gasteiger partial charge in [0.25, 0.3) is 0 Å². The molecule has 1 atom stereocenters. The molecule has 2 heterocycles. The van der Waals surface area contributed by atoms with Gasteiger partial charge in [-0.25, -0.2) is 4.79 Å². The average molecular weight is 383 g/mol. The number of rotatable bonds is 8. The highest BCUT2D eigenvalue weighted by molar-refractivity contribution is 5.74. The van der Waals surface area contributed by atoms with Gasteiger partial charge in [0.1, 0.15) is 6.33 Å². The predicted molar refractivity (Wildman–Crippen MR) is 109 cm³/mol. The van der Waals surface area contributed by atoms with Crippen molar-refractivity contribution >= 4 is 12.1 Å². The molecule has 7 nitrogen and oxygen atoms in total. The Morgan fingerprint density at radius 2 is 2.21 bits per heavy atom. The summed E-state index contributed by atoms with van der Waals surface area (Å²) in [6.07, 6.45) is 7.89. The summed E-state index contributed by atoms with van der Waals surface area (Å²) in [5, 5.41) is 11.0. The van der Waals surface area contributed by atoms with Gasteiger partial charge in [-0.15, -0.1) is 10.2 Å². The van der Waals surface area contributed by atoms with Crippen molar-refractivity contribution in [3.63, 3.8) is 0 Å². The Kier molecular flexibility index (Phi) is 7.19. The molecule has 0 unspecified atom stereocenters. The second-order valence-electron chi connectivity index (χ2n) is 7.26. The van der Waals surface area contributed by atoms with E-state index < -0.39 is 0 Å². The molecule has 1 aliphatic heterocycles. The zero-order valence-corrected chi connectivity index (χ0v) is 16.6. The topological polar surface area (TPSA) is 72.3 Å². The fraction of sp³-hybridized carbons (Fsp3) is 0.476.